The van der Waals surface area contributed by atoms with E-state index < -0.39 is 18.0 Å². The van der Waals surface area contributed by atoms with Crippen LogP contribution in [0.3, 0.4) is 0 Å². The highest BCUT2D eigenvalue weighted by molar-refractivity contribution is 7.10. The second-order valence-corrected chi connectivity index (χ2v) is 6.40. The second kappa shape index (κ2) is 8.01. The average Bonchev–Trinajstić information content (AvgIpc) is 2.95. The Morgan fingerprint density at radius 1 is 1.21 bits per heavy atom. The number of carbonyl (C=O) groups excluding carboxylic acids is 2. The number of carbonyl (C=O) groups is 2. The minimum absolute atomic E-state index is 0.0712. The number of ether oxygens (including phenoxy) is 4. The Kier molecular flexibility index (Phi) is 6.03. The van der Waals surface area contributed by atoms with Crippen LogP contribution in [0.2, 0.25) is 0 Å². The summed E-state index contributed by atoms with van der Waals surface area (Å²) >= 11 is 1.45. The Labute approximate surface area is 144 Å². The van der Waals surface area contributed by atoms with E-state index in [4.69, 9.17) is 18.9 Å². The van der Waals surface area contributed by atoms with Gasteiger partial charge in [0.2, 0.25) is 0 Å². The third-order valence-corrected chi connectivity index (χ3v) is 4.13. The predicted molar refractivity (Wildman–Crippen MR) is 89.5 cm³/mol. The zero-order valence-corrected chi connectivity index (χ0v) is 14.6. The highest BCUT2D eigenvalue weighted by Crippen LogP contribution is 2.40. The maximum atomic E-state index is 11.8. The maximum Gasteiger partial charge on any atom is 0.333 e. The first-order valence-electron chi connectivity index (χ1n) is 7.43. The van der Waals surface area contributed by atoms with Crippen molar-refractivity contribution in [1.82, 2.24) is 0 Å². The van der Waals surface area contributed by atoms with Gasteiger partial charge in [-0.2, -0.15) is 0 Å². The van der Waals surface area contributed by atoms with Crippen molar-refractivity contribution in [3.05, 3.63) is 34.6 Å². The molecule has 130 valence electrons. The second-order valence-electron chi connectivity index (χ2n) is 5.44. The van der Waals surface area contributed by atoms with Crippen molar-refractivity contribution in [1.29, 1.82) is 0 Å². The highest BCUT2D eigenvalue weighted by atomic mass is 32.1. The Balaban J connectivity index is 2.08. The lowest BCUT2D eigenvalue weighted by molar-refractivity contribution is -0.153. The lowest BCUT2D eigenvalue weighted by atomic mass is 10.2. The van der Waals surface area contributed by atoms with Crippen molar-refractivity contribution >= 4 is 23.3 Å². The molecule has 2 heterocycles. The van der Waals surface area contributed by atoms with Crippen molar-refractivity contribution in [2.45, 2.75) is 26.4 Å². The van der Waals surface area contributed by atoms with Gasteiger partial charge in [-0.05, 0) is 13.8 Å². The molecule has 0 fully saturated rings. The topological polar surface area (TPSA) is 71.1 Å². The van der Waals surface area contributed by atoms with Crippen molar-refractivity contribution < 1.29 is 28.5 Å². The molecule has 0 radical (unpaired) electrons. The average molecular weight is 352 g/mol. The Morgan fingerprint density at radius 3 is 2.54 bits per heavy atom. The van der Waals surface area contributed by atoms with E-state index in [1.165, 1.54) is 11.3 Å². The first kappa shape index (κ1) is 18.1. The van der Waals surface area contributed by atoms with Crippen LogP contribution in [-0.2, 0) is 25.5 Å². The maximum absolute atomic E-state index is 11.8. The van der Waals surface area contributed by atoms with E-state index in [1.807, 2.05) is 5.38 Å². The Hall–Kier alpha value is -2.28. The number of thiophene rings is 1. The predicted octanol–water partition coefficient (Wildman–Crippen LogP) is 2.67. The summed E-state index contributed by atoms with van der Waals surface area (Å²) in [5.74, 6) is 0.284. The quantitative estimate of drug-likeness (QED) is 0.555. The van der Waals surface area contributed by atoms with Gasteiger partial charge in [0.05, 0.1) is 4.88 Å². The molecule has 1 aromatic heterocycles. The highest BCUT2D eigenvalue weighted by Gasteiger charge is 2.24. The first-order chi connectivity index (χ1) is 11.4. The molecule has 0 N–H and O–H groups in total. The molecule has 1 aliphatic rings. The van der Waals surface area contributed by atoms with Crippen LogP contribution in [0.15, 0.2) is 29.7 Å². The van der Waals surface area contributed by atoms with Crippen LogP contribution < -0.4 is 9.47 Å². The van der Waals surface area contributed by atoms with Crippen molar-refractivity contribution in [3.8, 4) is 11.5 Å². The van der Waals surface area contributed by atoms with Gasteiger partial charge < -0.3 is 18.9 Å². The lowest BCUT2D eigenvalue weighted by Crippen LogP contribution is -2.28. The van der Waals surface area contributed by atoms with E-state index in [-0.39, 0.29) is 17.8 Å². The molecule has 0 bridgehead atoms. The summed E-state index contributed by atoms with van der Waals surface area (Å²) in [6.07, 6.45) is -0.294. The fourth-order valence-electron chi connectivity index (χ4n) is 1.94. The van der Waals surface area contributed by atoms with Crippen molar-refractivity contribution in [3.63, 3.8) is 0 Å². The van der Waals surface area contributed by atoms with Gasteiger partial charge in [-0.15, -0.1) is 11.3 Å². The first-order valence-corrected chi connectivity index (χ1v) is 8.31. The molecular formula is C17H20O6S. The summed E-state index contributed by atoms with van der Waals surface area (Å²) in [5.41, 5.74) is 0.559. The van der Waals surface area contributed by atoms with Crippen LogP contribution in [0.5, 0.6) is 11.5 Å². The molecule has 1 unspecified atom stereocenters. The zero-order valence-electron chi connectivity index (χ0n) is 13.8. The molecule has 1 aliphatic heterocycles. The molecule has 0 aromatic carbocycles. The van der Waals surface area contributed by atoms with Gasteiger partial charge in [-0.25, -0.2) is 9.59 Å². The van der Waals surface area contributed by atoms with Gasteiger partial charge in [-0.3, -0.25) is 0 Å². The van der Waals surface area contributed by atoms with E-state index in [9.17, 15) is 9.59 Å². The summed E-state index contributed by atoms with van der Waals surface area (Å²) < 4.78 is 21.6. The van der Waals surface area contributed by atoms with Gasteiger partial charge in [0.15, 0.2) is 11.5 Å². The normalized spacial score (nSPS) is 13.8. The fourth-order valence-corrected chi connectivity index (χ4v) is 2.91. The molecule has 0 aliphatic carbocycles. The molecule has 0 saturated carbocycles. The van der Waals surface area contributed by atoms with Crippen LogP contribution >= 0.6 is 11.3 Å². The number of hydrogen-bond acceptors (Lipinski definition) is 7. The summed E-state index contributed by atoms with van der Waals surface area (Å²) in [5, 5.41) is 1.85. The van der Waals surface area contributed by atoms with E-state index in [0.29, 0.717) is 31.1 Å². The zero-order chi connectivity index (χ0) is 17.7. The third kappa shape index (κ3) is 4.61. The molecular weight excluding hydrogens is 332 g/mol. The Bertz CT molecular complexity index is 660. The monoisotopic (exact) mass is 352 g/mol. The van der Waals surface area contributed by atoms with Crippen LogP contribution in [0.25, 0.3) is 0 Å². The summed E-state index contributed by atoms with van der Waals surface area (Å²) in [7, 11) is 0. The molecule has 0 amide bonds. The van der Waals surface area contributed by atoms with E-state index >= 15 is 0 Å². The lowest BCUT2D eigenvalue weighted by Gasteiger charge is -2.20. The minimum atomic E-state index is -0.647. The Morgan fingerprint density at radius 2 is 1.88 bits per heavy atom. The van der Waals surface area contributed by atoms with Crippen LogP contribution in [0, 0.1) is 0 Å². The number of rotatable bonds is 7. The number of fused-ring (bicyclic) bond motifs is 1. The van der Waals surface area contributed by atoms with Crippen molar-refractivity contribution in [2.75, 3.05) is 19.8 Å². The van der Waals surface area contributed by atoms with Gasteiger partial charge >= 0.3 is 11.9 Å². The van der Waals surface area contributed by atoms with Gasteiger partial charge in [-0.1, -0.05) is 13.2 Å². The summed E-state index contributed by atoms with van der Waals surface area (Å²) in [6, 6.07) is 0. The molecule has 6 nitrogen and oxygen atoms in total. The fraction of sp³-hybridized carbons (Fsp3) is 0.412. The molecule has 1 atom stereocenters. The molecule has 0 spiro atoms. The van der Waals surface area contributed by atoms with E-state index in [1.54, 1.807) is 13.8 Å². The van der Waals surface area contributed by atoms with Crippen LogP contribution in [0.4, 0.5) is 0 Å². The largest absolute Gasteiger partial charge is 0.485 e. The van der Waals surface area contributed by atoms with Crippen LogP contribution in [-0.4, -0.2) is 37.9 Å². The molecule has 1 aromatic rings. The molecule has 2 rings (SSSR count). The standard InChI is InChI=1S/C17H20O6S/c1-10(2)16(18)22-8-12(23-17(19)11(3)4)7-14-15-13(9-24-14)20-5-6-21-15/h9,12H,1,3,5-8H2,2,4H3. The summed E-state index contributed by atoms with van der Waals surface area (Å²) in [6.45, 7) is 11.1. The molecule has 0 saturated heterocycles. The SMILES string of the molecule is C=C(C)C(=O)OCC(Cc1scc2c1OCCO2)OC(=O)C(=C)C. The molecule has 7 heteroatoms. The van der Waals surface area contributed by atoms with Gasteiger partial charge in [0, 0.05) is 22.9 Å². The number of esters is 2. The van der Waals surface area contributed by atoms with E-state index in [0.717, 1.165) is 4.88 Å². The van der Waals surface area contributed by atoms with Gasteiger partial charge in [0.1, 0.15) is 25.9 Å². The summed E-state index contributed by atoms with van der Waals surface area (Å²) in [4.78, 5) is 24.3. The van der Waals surface area contributed by atoms with Gasteiger partial charge in [0.25, 0.3) is 0 Å². The smallest absolute Gasteiger partial charge is 0.333 e. The van der Waals surface area contributed by atoms with E-state index in [2.05, 4.69) is 13.2 Å². The van der Waals surface area contributed by atoms with Crippen LogP contribution in [0.1, 0.15) is 18.7 Å². The third-order valence-electron chi connectivity index (χ3n) is 3.16. The minimum Gasteiger partial charge on any atom is -0.485 e. The number of hydrogen-bond donors (Lipinski definition) is 0. The van der Waals surface area contributed by atoms with Crippen molar-refractivity contribution in [2.24, 2.45) is 0 Å². The molecule has 24 heavy (non-hydrogen) atoms.